The highest BCUT2D eigenvalue weighted by Crippen LogP contribution is 1.99. The number of nitrogens with two attached hydrogens (primary N) is 1. The van der Waals surface area contributed by atoms with Crippen LogP contribution in [0.1, 0.15) is 13.3 Å². The Kier molecular flexibility index (Phi) is 5.91. The first kappa shape index (κ1) is 14.2. The number of hydrogen-bond donors (Lipinski definition) is 3. The van der Waals surface area contributed by atoms with E-state index in [4.69, 9.17) is 10.8 Å². The fourth-order valence-corrected chi connectivity index (χ4v) is 0.960. The summed E-state index contributed by atoms with van der Waals surface area (Å²) in [5.74, 6) is -2.02. The third-order valence-corrected chi connectivity index (χ3v) is 2.01. The number of carbonyl (C=O) groups excluding carboxylic acids is 2. The maximum atomic E-state index is 11.3. The monoisotopic (exact) mass is 231 g/mol. The molecule has 92 valence electrons. The predicted octanol–water partition coefficient (Wildman–Crippen LogP) is -0.776. The minimum atomic E-state index is -0.903. The summed E-state index contributed by atoms with van der Waals surface area (Å²) in [5.41, 5.74) is 4.91. The summed E-state index contributed by atoms with van der Waals surface area (Å²) in [6.07, 6.45) is 0.339. The normalized spacial score (nSPS) is 11.6. The van der Waals surface area contributed by atoms with Crippen molar-refractivity contribution in [3.8, 4) is 0 Å². The van der Waals surface area contributed by atoms with Gasteiger partial charge in [-0.05, 0) is 6.42 Å². The molecule has 0 bridgehead atoms. The van der Waals surface area contributed by atoms with Crippen LogP contribution in [0.15, 0.2) is 0 Å². The summed E-state index contributed by atoms with van der Waals surface area (Å²) in [7, 11) is 1.43. The average Bonchev–Trinajstić information content (AvgIpc) is 2.15. The number of rotatable bonds is 6. The first-order valence-corrected chi connectivity index (χ1v) is 4.84. The topological polar surface area (TPSA) is 113 Å². The van der Waals surface area contributed by atoms with E-state index in [2.05, 4.69) is 5.32 Å². The van der Waals surface area contributed by atoms with Gasteiger partial charge in [-0.15, -0.1) is 0 Å². The van der Waals surface area contributed by atoms with Crippen LogP contribution >= 0.6 is 0 Å². The van der Waals surface area contributed by atoms with Crippen molar-refractivity contribution in [2.45, 2.75) is 13.3 Å². The summed E-state index contributed by atoms with van der Waals surface area (Å²) in [6.45, 7) is 1.64. The van der Waals surface area contributed by atoms with Gasteiger partial charge in [0.05, 0.1) is 5.92 Å². The van der Waals surface area contributed by atoms with Gasteiger partial charge in [-0.1, -0.05) is 6.92 Å². The third kappa shape index (κ3) is 5.84. The Morgan fingerprint density at radius 2 is 2.00 bits per heavy atom. The van der Waals surface area contributed by atoms with Gasteiger partial charge in [0.25, 0.3) is 0 Å². The molecule has 4 N–H and O–H groups in total. The van der Waals surface area contributed by atoms with E-state index in [-0.39, 0.29) is 13.1 Å². The number of primary amides is 1. The fourth-order valence-electron chi connectivity index (χ4n) is 0.960. The lowest BCUT2D eigenvalue weighted by Gasteiger charge is -2.16. The molecule has 0 aliphatic rings. The highest BCUT2D eigenvalue weighted by atomic mass is 16.4. The number of aliphatic carboxylic acids is 1. The van der Waals surface area contributed by atoms with Gasteiger partial charge in [0.2, 0.25) is 5.91 Å². The van der Waals surface area contributed by atoms with Crippen molar-refractivity contribution in [2.75, 3.05) is 20.1 Å². The molecule has 0 aromatic rings. The minimum absolute atomic E-state index is 0.166. The number of carboxylic acids is 1. The molecule has 16 heavy (non-hydrogen) atoms. The van der Waals surface area contributed by atoms with Crippen LogP contribution in [0.5, 0.6) is 0 Å². The largest absolute Gasteiger partial charge is 0.481 e. The Hall–Kier alpha value is -1.79. The van der Waals surface area contributed by atoms with Gasteiger partial charge in [0.1, 0.15) is 6.54 Å². The molecule has 0 aromatic heterocycles. The Balaban J connectivity index is 3.81. The average molecular weight is 231 g/mol. The lowest BCUT2D eigenvalue weighted by atomic mass is 10.1. The molecule has 0 spiro atoms. The maximum Gasteiger partial charge on any atom is 0.317 e. The van der Waals surface area contributed by atoms with Gasteiger partial charge in [-0.25, -0.2) is 4.79 Å². The van der Waals surface area contributed by atoms with Gasteiger partial charge < -0.3 is 21.1 Å². The van der Waals surface area contributed by atoms with Gasteiger partial charge in [0, 0.05) is 13.6 Å². The second-order valence-electron chi connectivity index (χ2n) is 3.58. The number of likely N-dealkylation sites (N-methyl/N-ethyl adjacent to an activating group) is 1. The highest BCUT2D eigenvalue weighted by molar-refractivity contribution is 5.82. The lowest BCUT2D eigenvalue weighted by Crippen LogP contribution is -2.42. The molecule has 0 aromatic carbocycles. The molecule has 0 saturated heterocycles. The molecule has 0 heterocycles. The number of urea groups is 1. The Labute approximate surface area is 93.6 Å². The summed E-state index contributed by atoms with van der Waals surface area (Å²) in [5, 5.41) is 11.1. The zero-order chi connectivity index (χ0) is 12.7. The van der Waals surface area contributed by atoms with Crippen molar-refractivity contribution in [3.63, 3.8) is 0 Å². The minimum Gasteiger partial charge on any atom is -0.481 e. The molecule has 1 atom stereocenters. The zero-order valence-corrected chi connectivity index (χ0v) is 9.40. The van der Waals surface area contributed by atoms with Crippen LogP contribution in [0.2, 0.25) is 0 Å². The van der Waals surface area contributed by atoms with Crippen LogP contribution in [-0.2, 0) is 9.59 Å². The summed E-state index contributed by atoms with van der Waals surface area (Å²) in [6, 6.07) is -0.448. The standard InChI is InChI=1S/C9H17N3O4/c1-6(8(14)15)3-4-11-9(16)12(2)5-7(10)13/h6H,3-5H2,1-2H3,(H2,10,13)(H,11,16)(H,14,15). The van der Waals surface area contributed by atoms with E-state index in [0.717, 1.165) is 4.90 Å². The zero-order valence-electron chi connectivity index (χ0n) is 9.40. The van der Waals surface area contributed by atoms with Crippen molar-refractivity contribution in [1.82, 2.24) is 10.2 Å². The molecule has 0 rings (SSSR count). The third-order valence-electron chi connectivity index (χ3n) is 2.01. The Morgan fingerprint density at radius 1 is 1.44 bits per heavy atom. The van der Waals surface area contributed by atoms with Crippen LogP contribution in [0.4, 0.5) is 4.79 Å². The molecule has 0 fully saturated rings. The van der Waals surface area contributed by atoms with Crippen molar-refractivity contribution < 1.29 is 19.5 Å². The van der Waals surface area contributed by atoms with Crippen molar-refractivity contribution in [1.29, 1.82) is 0 Å². The first-order valence-electron chi connectivity index (χ1n) is 4.84. The molecular weight excluding hydrogens is 214 g/mol. The van der Waals surface area contributed by atoms with Crippen molar-refractivity contribution >= 4 is 17.9 Å². The van der Waals surface area contributed by atoms with E-state index in [0.29, 0.717) is 6.42 Å². The Bertz CT molecular complexity index is 280. The Morgan fingerprint density at radius 3 is 2.44 bits per heavy atom. The van der Waals surface area contributed by atoms with Crippen molar-refractivity contribution in [2.24, 2.45) is 11.7 Å². The summed E-state index contributed by atoms with van der Waals surface area (Å²) >= 11 is 0. The molecule has 7 heteroatoms. The molecule has 0 saturated carbocycles. The van der Waals surface area contributed by atoms with Crippen LogP contribution in [-0.4, -0.2) is 48.1 Å². The van der Waals surface area contributed by atoms with E-state index in [1.54, 1.807) is 6.92 Å². The van der Waals surface area contributed by atoms with Gasteiger partial charge in [-0.2, -0.15) is 0 Å². The number of hydrogen-bond acceptors (Lipinski definition) is 3. The SMILES string of the molecule is CC(CCNC(=O)N(C)CC(N)=O)C(=O)O. The number of nitrogens with one attached hydrogen (secondary N) is 1. The second kappa shape index (κ2) is 6.65. The first-order chi connectivity index (χ1) is 7.34. The number of amides is 3. The molecule has 3 amide bonds. The second-order valence-corrected chi connectivity index (χ2v) is 3.58. The molecular formula is C9H17N3O4. The number of nitrogens with zero attached hydrogens (tertiary/aromatic N) is 1. The highest BCUT2D eigenvalue weighted by Gasteiger charge is 2.13. The fraction of sp³-hybridized carbons (Fsp3) is 0.667. The molecule has 0 radical (unpaired) electrons. The van der Waals surface area contributed by atoms with Gasteiger partial charge in [0.15, 0.2) is 0 Å². The molecule has 0 aliphatic heterocycles. The van der Waals surface area contributed by atoms with Crippen LogP contribution in [0.25, 0.3) is 0 Å². The van der Waals surface area contributed by atoms with Crippen LogP contribution < -0.4 is 11.1 Å². The summed E-state index contributed by atoms with van der Waals surface area (Å²) in [4.78, 5) is 33.4. The van der Waals surface area contributed by atoms with E-state index in [1.165, 1.54) is 7.05 Å². The smallest absolute Gasteiger partial charge is 0.317 e. The van der Waals surface area contributed by atoms with Gasteiger partial charge in [-0.3, -0.25) is 9.59 Å². The van der Waals surface area contributed by atoms with Crippen LogP contribution in [0, 0.1) is 5.92 Å². The molecule has 7 nitrogen and oxygen atoms in total. The van der Waals surface area contributed by atoms with Crippen molar-refractivity contribution in [3.05, 3.63) is 0 Å². The van der Waals surface area contributed by atoms with Gasteiger partial charge >= 0.3 is 12.0 Å². The number of carboxylic acid groups (broad SMARTS) is 1. The molecule has 0 aliphatic carbocycles. The lowest BCUT2D eigenvalue weighted by molar-refractivity contribution is -0.141. The maximum absolute atomic E-state index is 11.3. The molecule has 1 unspecified atom stereocenters. The van der Waals surface area contributed by atoms with E-state index in [1.807, 2.05) is 0 Å². The number of carbonyl (C=O) groups is 3. The van der Waals surface area contributed by atoms with E-state index < -0.39 is 23.8 Å². The van der Waals surface area contributed by atoms with E-state index in [9.17, 15) is 14.4 Å². The van der Waals surface area contributed by atoms with Crippen LogP contribution in [0.3, 0.4) is 0 Å². The quantitative estimate of drug-likeness (QED) is 0.556. The predicted molar refractivity (Wildman–Crippen MR) is 56.6 cm³/mol. The summed E-state index contributed by atoms with van der Waals surface area (Å²) < 4.78 is 0. The van der Waals surface area contributed by atoms with E-state index >= 15 is 0 Å².